The van der Waals surface area contributed by atoms with E-state index in [1.54, 1.807) is 24.3 Å². The third-order valence-corrected chi connectivity index (χ3v) is 4.40. The molecule has 0 unspecified atom stereocenters. The first-order valence-corrected chi connectivity index (χ1v) is 8.45. The second-order valence-electron chi connectivity index (χ2n) is 6.15. The maximum absolute atomic E-state index is 12.5. The Kier molecular flexibility index (Phi) is 4.22. The van der Waals surface area contributed by atoms with Crippen LogP contribution in [0, 0.1) is 0 Å². The number of carbonyl (C=O) groups excluding carboxylic acids is 1. The molecule has 0 aliphatic rings. The van der Waals surface area contributed by atoms with E-state index >= 15 is 0 Å². The summed E-state index contributed by atoms with van der Waals surface area (Å²) in [5.74, 6) is -0.484. The SMILES string of the molecule is C/C(=N/NC(=O)c1n[nH]c(=O)c2ccccc12)c1ccc2ccccc2c1. The van der Waals surface area contributed by atoms with Gasteiger partial charge in [0, 0.05) is 5.39 Å². The summed E-state index contributed by atoms with van der Waals surface area (Å²) in [6.07, 6.45) is 0. The maximum atomic E-state index is 12.5. The second-order valence-corrected chi connectivity index (χ2v) is 6.15. The molecule has 4 aromatic rings. The first kappa shape index (κ1) is 16.7. The molecule has 132 valence electrons. The molecule has 0 radical (unpaired) electrons. The van der Waals surface area contributed by atoms with Gasteiger partial charge in [0.1, 0.15) is 0 Å². The summed E-state index contributed by atoms with van der Waals surface area (Å²) in [5, 5.41) is 13.6. The maximum Gasteiger partial charge on any atom is 0.292 e. The van der Waals surface area contributed by atoms with Gasteiger partial charge in [-0.2, -0.15) is 10.2 Å². The van der Waals surface area contributed by atoms with Crippen LogP contribution in [0.3, 0.4) is 0 Å². The number of aromatic amines is 1. The largest absolute Gasteiger partial charge is 0.292 e. The minimum Gasteiger partial charge on any atom is -0.267 e. The highest BCUT2D eigenvalue weighted by Gasteiger charge is 2.13. The Balaban J connectivity index is 1.63. The Labute approximate surface area is 154 Å². The van der Waals surface area contributed by atoms with E-state index < -0.39 is 5.91 Å². The topological polar surface area (TPSA) is 87.2 Å². The van der Waals surface area contributed by atoms with Crippen LogP contribution in [0.4, 0.5) is 0 Å². The zero-order chi connectivity index (χ0) is 18.8. The molecule has 0 saturated heterocycles. The van der Waals surface area contributed by atoms with Crippen LogP contribution in [0.25, 0.3) is 21.5 Å². The average Bonchev–Trinajstić information content (AvgIpc) is 2.72. The number of rotatable bonds is 3. The number of nitrogens with one attached hydrogen (secondary N) is 2. The quantitative estimate of drug-likeness (QED) is 0.436. The molecule has 0 atom stereocenters. The highest BCUT2D eigenvalue weighted by atomic mass is 16.2. The Morgan fingerprint density at radius 1 is 0.963 bits per heavy atom. The fourth-order valence-corrected chi connectivity index (χ4v) is 2.95. The molecule has 3 aromatic carbocycles. The number of carbonyl (C=O) groups is 1. The third-order valence-electron chi connectivity index (χ3n) is 4.40. The molecular formula is C21H16N4O2. The van der Waals surface area contributed by atoms with Crippen molar-refractivity contribution in [2.75, 3.05) is 0 Å². The standard InChI is InChI=1S/C21H16N4O2/c1-13(15-11-10-14-6-2-3-7-16(14)12-15)22-25-21(27)19-17-8-4-5-9-18(17)20(26)24-23-19/h2-12H,1H3,(H,24,26)(H,25,27)/b22-13-. The first-order valence-electron chi connectivity index (χ1n) is 8.45. The van der Waals surface area contributed by atoms with Gasteiger partial charge < -0.3 is 0 Å². The number of H-pyrrole nitrogens is 1. The van der Waals surface area contributed by atoms with Crippen molar-refractivity contribution in [3.63, 3.8) is 0 Å². The monoisotopic (exact) mass is 356 g/mol. The van der Waals surface area contributed by atoms with E-state index in [4.69, 9.17) is 0 Å². The van der Waals surface area contributed by atoms with E-state index in [2.05, 4.69) is 20.7 Å². The Morgan fingerprint density at radius 3 is 2.48 bits per heavy atom. The van der Waals surface area contributed by atoms with Crippen molar-refractivity contribution in [3.8, 4) is 0 Å². The van der Waals surface area contributed by atoms with E-state index in [0.717, 1.165) is 16.3 Å². The van der Waals surface area contributed by atoms with Crippen LogP contribution in [0.5, 0.6) is 0 Å². The number of hydrogen-bond donors (Lipinski definition) is 2. The summed E-state index contributed by atoms with van der Waals surface area (Å²) < 4.78 is 0. The van der Waals surface area contributed by atoms with E-state index in [-0.39, 0.29) is 11.3 Å². The molecule has 1 aromatic heterocycles. The molecule has 0 fully saturated rings. The van der Waals surface area contributed by atoms with Crippen molar-refractivity contribution < 1.29 is 4.79 Å². The van der Waals surface area contributed by atoms with E-state index in [9.17, 15) is 9.59 Å². The molecular weight excluding hydrogens is 340 g/mol. The molecule has 4 rings (SSSR count). The lowest BCUT2D eigenvalue weighted by molar-refractivity contribution is 0.0950. The van der Waals surface area contributed by atoms with Crippen LogP contribution in [0.15, 0.2) is 76.6 Å². The smallest absolute Gasteiger partial charge is 0.267 e. The molecule has 0 saturated carbocycles. The van der Waals surface area contributed by atoms with Crippen LogP contribution in [-0.2, 0) is 0 Å². The Hall–Kier alpha value is -3.80. The second kappa shape index (κ2) is 6.84. The minimum absolute atomic E-state index is 0.125. The van der Waals surface area contributed by atoms with Gasteiger partial charge in [0.05, 0.1) is 11.1 Å². The third kappa shape index (κ3) is 3.20. The predicted molar refractivity (Wildman–Crippen MR) is 106 cm³/mol. The summed E-state index contributed by atoms with van der Waals surface area (Å²) in [6, 6.07) is 20.9. The van der Waals surface area contributed by atoms with E-state index in [1.165, 1.54) is 0 Å². The van der Waals surface area contributed by atoms with Crippen LogP contribution in [-0.4, -0.2) is 21.8 Å². The van der Waals surface area contributed by atoms with Crippen molar-refractivity contribution in [1.29, 1.82) is 0 Å². The van der Waals surface area contributed by atoms with Crippen LogP contribution >= 0.6 is 0 Å². The molecule has 1 heterocycles. The average molecular weight is 356 g/mol. The Morgan fingerprint density at radius 2 is 1.67 bits per heavy atom. The minimum atomic E-state index is -0.484. The molecule has 6 nitrogen and oxygen atoms in total. The van der Waals surface area contributed by atoms with E-state index in [0.29, 0.717) is 16.5 Å². The molecule has 0 bridgehead atoms. The van der Waals surface area contributed by atoms with Gasteiger partial charge in [0.15, 0.2) is 5.69 Å². The highest BCUT2D eigenvalue weighted by molar-refractivity contribution is 6.06. The number of benzene rings is 3. The first-order chi connectivity index (χ1) is 13.1. The van der Waals surface area contributed by atoms with Crippen LogP contribution < -0.4 is 11.0 Å². The number of hydrogen-bond acceptors (Lipinski definition) is 4. The van der Waals surface area contributed by atoms with Crippen molar-refractivity contribution in [2.45, 2.75) is 6.92 Å². The number of aromatic nitrogens is 2. The molecule has 0 aliphatic carbocycles. The molecule has 27 heavy (non-hydrogen) atoms. The lowest BCUT2D eigenvalue weighted by atomic mass is 10.0. The number of amides is 1. The molecule has 0 aliphatic heterocycles. The summed E-state index contributed by atoms with van der Waals surface area (Å²) >= 11 is 0. The Bertz CT molecular complexity index is 1260. The number of nitrogens with zero attached hydrogens (tertiary/aromatic N) is 2. The van der Waals surface area contributed by atoms with Gasteiger partial charge in [-0.1, -0.05) is 54.6 Å². The fourth-order valence-electron chi connectivity index (χ4n) is 2.95. The zero-order valence-electron chi connectivity index (χ0n) is 14.6. The van der Waals surface area contributed by atoms with Gasteiger partial charge in [-0.15, -0.1) is 0 Å². The van der Waals surface area contributed by atoms with Gasteiger partial charge in [-0.05, 0) is 35.4 Å². The van der Waals surface area contributed by atoms with Crippen LogP contribution in [0.1, 0.15) is 23.0 Å². The fraction of sp³-hybridized carbons (Fsp3) is 0.0476. The highest BCUT2D eigenvalue weighted by Crippen LogP contribution is 2.16. The summed E-state index contributed by atoms with van der Waals surface area (Å²) in [4.78, 5) is 24.3. The normalized spacial score (nSPS) is 11.7. The number of hydrazone groups is 1. The molecule has 1 amide bonds. The molecule has 2 N–H and O–H groups in total. The van der Waals surface area contributed by atoms with Crippen molar-refractivity contribution in [1.82, 2.24) is 15.6 Å². The lowest BCUT2D eigenvalue weighted by Crippen LogP contribution is -2.23. The van der Waals surface area contributed by atoms with E-state index in [1.807, 2.05) is 49.4 Å². The summed E-state index contributed by atoms with van der Waals surface area (Å²) in [5.41, 5.74) is 3.89. The van der Waals surface area contributed by atoms with Gasteiger partial charge in [0.2, 0.25) is 0 Å². The van der Waals surface area contributed by atoms with Crippen molar-refractivity contribution in [3.05, 3.63) is 88.3 Å². The van der Waals surface area contributed by atoms with Gasteiger partial charge in [-0.25, -0.2) is 10.5 Å². The van der Waals surface area contributed by atoms with Gasteiger partial charge >= 0.3 is 0 Å². The molecule has 6 heteroatoms. The lowest BCUT2D eigenvalue weighted by Gasteiger charge is -2.06. The summed E-state index contributed by atoms with van der Waals surface area (Å²) in [7, 11) is 0. The number of fused-ring (bicyclic) bond motifs is 2. The van der Waals surface area contributed by atoms with Crippen LogP contribution in [0.2, 0.25) is 0 Å². The summed E-state index contributed by atoms with van der Waals surface area (Å²) in [6.45, 7) is 1.82. The predicted octanol–water partition coefficient (Wildman–Crippen LogP) is 3.23. The van der Waals surface area contributed by atoms with Crippen molar-refractivity contribution >= 4 is 33.2 Å². The van der Waals surface area contributed by atoms with Crippen molar-refractivity contribution in [2.24, 2.45) is 5.10 Å². The molecule has 0 spiro atoms. The van der Waals surface area contributed by atoms with Gasteiger partial charge in [-0.3, -0.25) is 9.59 Å². The van der Waals surface area contributed by atoms with Gasteiger partial charge in [0.25, 0.3) is 11.5 Å². The zero-order valence-corrected chi connectivity index (χ0v) is 14.6.